The molecule has 0 aliphatic carbocycles. The maximum absolute atomic E-state index is 13.5. The first kappa shape index (κ1) is 21.9. The lowest BCUT2D eigenvalue weighted by Crippen LogP contribution is -2.42. The lowest BCUT2D eigenvalue weighted by atomic mass is 9.91. The summed E-state index contributed by atoms with van der Waals surface area (Å²) >= 11 is 0. The number of carbonyl (C=O) groups excluding carboxylic acids is 2. The van der Waals surface area contributed by atoms with E-state index < -0.39 is 23.9 Å². The Balaban J connectivity index is 1.72. The van der Waals surface area contributed by atoms with Gasteiger partial charge in [0, 0.05) is 13.1 Å². The molecular formula is C24H23F3N2O3. The number of hydrogen-bond donors (Lipinski definition) is 0. The molecule has 2 unspecified atom stereocenters. The van der Waals surface area contributed by atoms with Crippen molar-refractivity contribution in [1.29, 1.82) is 0 Å². The number of amides is 2. The van der Waals surface area contributed by atoms with Gasteiger partial charge in [0.1, 0.15) is 11.4 Å². The van der Waals surface area contributed by atoms with Gasteiger partial charge in [-0.1, -0.05) is 44.2 Å². The van der Waals surface area contributed by atoms with Crippen LogP contribution in [0.3, 0.4) is 0 Å². The topological polar surface area (TPSA) is 49.9 Å². The zero-order valence-electron chi connectivity index (χ0n) is 17.7. The Morgan fingerprint density at radius 3 is 2.03 bits per heavy atom. The van der Waals surface area contributed by atoms with Crippen molar-refractivity contribution in [1.82, 2.24) is 4.90 Å². The summed E-state index contributed by atoms with van der Waals surface area (Å²) < 4.78 is 41.3. The van der Waals surface area contributed by atoms with Gasteiger partial charge in [0.15, 0.2) is 0 Å². The zero-order chi connectivity index (χ0) is 23.0. The van der Waals surface area contributed by atoms with Gasteiger partial charge in [-0.2, -0.15) is 0 Å². The van der Waals surface area contributed by atoms with Crippen molar-refractivity contribution in [3.63, 3.8) is 0 Å². The normalized spacial score (nSPS) is 22.0. The van der Waals surface area contributed by atoms with Crippen molar-refractivity contribution in [2.75, 3.05) is 18.0 Å². The standard InChI is InChI=1S/C24H23F3N2O3/c1-15-12-16(2)14-28(13-15)21-20(17-6-4-3-5-7-17)22(30)29(23(21)31)18-8-10-19(11-9-18)32-24(25,26)27/h3-11,15-16H,12-14H2,1-2H3. The van der Waals surface area contributed by atoms with Crippen molar-refractivity contribution in [2.24, 2.45) is 11.8 Å². The monoisotopic (exact) mass is 444 g/mol. The van der Waals surface area contributed by atoms with Crippen LogP contribution in [0.25, 0.3) is 5.57 Å². The first-order valence-electron chi connectivity index (χ1n) is 10.4. The van der Waals surface area contributed by atoms with Crippen LogP contribution in [0.1, 0.15) is 25.8 Å². The van der Waals surface area contributed by atoms with Crippen LogP contribution in [0.2, 0.25) is 0 Å². The first-order valence-corrected chi connectivity index (χ1v) is 10.4. The number of likely N-dealkylation sites (tertiary alicyclic amines) is 1. The molecule has 1 fully saturated rings. The molecule has 2 aromatic carbocycles. The predicted octanol–water partition coefficient (Wildman–Crippen LogP) is 4.85. The summed E-state index contributed by atoms with van der Waals surface area (Å²) in [4.78, 5) is 30.0. The quantitative estimate of drug-likeness (QED) is 0.633. The number of hydrogen-bond acceptors (Lipinski definition) is 4. The van der Waals surface area contributed by atoms with Gasteiger partial charge in [-0.3, -0.25) is 9.59 Å². The third-order valence-corrected chi connectivity index (χ3v) is 5.64. The van der Waals surface area contributed by atoms with Crippen molar-refractivity contribution in [3.05, 3.63) is 65.9 Å². The number of halogens is 3. The van der Waals surface area contributed by atoms with E-state index in [0.717, 1.165) is 23.5 Å². The highest BCUT2D eigenvalue weighted by molar-refractivity contribution is 6.45. The number of benzene rings is 2. The maximum Gasteiger partial charge on any atom is 0.573 e. The highest BCUT2D eigenvalue weighted by Crippen LogP contribution is 2.37. The van der Waals surface area contributed by atoms with E-state index in [1.165, 1.54) is 12.1 Å². The molecule has 4 rings (SSSR count). The van der Waals surface area contributed by atoms with Gasteiger partial charge in [0.2, 0.25) is 0 Å². The number of piperidine rings is 1. The highest BCUT2D eigenvalue weighted by atomic mass is 19.4. The van der Waals surface area contributed by atoms with Crippen LogP contribution in [0.4, 0.5) is 18.9 Å². The Morgan fingerprint density at radius 1 is 0.875 bits per heavy atom. The average Bonchev–Trinajstić information content (AvgIpc) is 2.98. The Bertz CT molecular complexity index is 1040. The Morgan fingerprint density at radius 2 is 1.47 bits per heavy atom. The fraction of sp³-hybridized carbons (Fsp3) is 0.333. The molecule has 0 bridgehead atoms. The number of imide groups is 1. The van der Waals surface area contributed by atoms with E-state index in [9.17, 15) is 22.8 Å². The fourth-order valence-electron chi connectivity index (χ4n) is 4.55. The van der Waals surface area contributed by atoms with E-state index in [1.54, 1.807) is 24.3 Å². The largest absolute Gasteiger partial charge is 0.573 e. The Labute approximate surface area is 184 Å². The molecule has 2 aliphatic rings. The molecule has 5 nitrogen and oxygen atoms in total. The average molecular weight is 444 g/mol. The van der Waals surface area contributed by atoms with Crippen LogP contribution < -0.4 is 9.64 Å². The molecule has 8 heteroatoms. The molecule has 2 atom stereocenters. The van der Waals surface area contributed by atoms with Crippen molar-refractivity contribution < 1.29 is 27.5 Å². The third-order valence-electron chi connectivity index (χ3n) is 5.64. The van der Waals surface area contributed by atoms with Crippen LogP contribution in [-0.4, -0.2) is 36.2 Å². The minimum atomic E-state index is -4.82. The number of alkyl halides is 3. The molecule has 0 aromatic heterocycles. The molecule has 0 N–H and O–H groups in total. The van der Waals surface area contributed by atoms with E-state index in [-0.39, 0.29) is 5.69 Å². The number of ether oxygens (including phenoxy) is 1. The van der Waals surface area contributed by atoms with E-state index in [1.807, 2.05) is 11.0 Å². The second kappa shape index (κ2) is 8.33. The maximum atomic E-state index is 13.5. The fourth-order valence-corrected chi connectivity index (χ4v) is 4.55. The van der Waals surface area contributed by atoms with Crippen molar-refractivity contribution in [3.8, 4) is 5.75 Å². The number of anilines is 1. The van der Waals surface area contributed by atoms with E-state index >= 15 is 0 Å². The highest BCUT2D eigenvalue weighted by Gasteiger charge is 2.43. The molecule has 2 amide bonds. The lowest BCUT2D eigenvalue weighted by molar-refractivity contribution is -0.274. The molecule has 0 saturated carbocycles. The summed E-state index contributed by atoms with van der Waals surface area (Å²) in [6, 6.07) is 13.7. The summed E-state index contributed by atoms with van der Waals surface area (Å²) in [6.07, 6.45) is -3.78. The molecule has 2 aliphatic heterocycles. The predicted molar refractivity (Wildman–Crippen MR) is 113 cm³/mol. The summed E-state index contributed by atoms with van der Waals surface area (Å²) in [7, 11) is 0. The smallest absolute Gasteiger partial charge is 0.406 e. The van der Waals surface area contributed by atoms with Crippen LogP contribution in [0.15, 0.2) is 60.3 Å². The summed E-state index contributed by atoms with van der Waals surface area (Å²) in [5.41, 5.74) is 1.48. The van der Waals surface area contributed by atoms with Gasteiger partial charge in [-0.15, -0.1) is 13.2 Å². The third kappa shape index (κ3) is 4.35. The zero-order valence-corrected chi connectivity index (χ0v) is 17.7. The van der Waals surface area contributed by atoms with Crippen LogP contribution in [0, 0.1) is 11.8 Å². The Kier molecular flexibility index (Phi) is 5.71. The minimum absolute atomic E-state index is 0.191. The number of rotatable bonds is 4. The van der Waals surface area contributed by atoms with E-state index in [0.29, 0.717) is 41.8 Å². The SMILES string of the molecule is CC1CC(C)CN(C2=C(c3ccccc3)C(=O)N(c3ccc(OC(F)(F)F)cc3)C2=O)C1. The van der Waals surface area contributed by atoms with Gasteiger partial charge >= 0.3 is 6.36 Å². The molecule has 2 aromatic rings. The van der Waals surface area contributed by atoms with Crippen LogP contribution in [0.5, 0.6) is 5.75 Å². The van der Waals surface area contributed by atoms with Crippen molar-refractivity contribution >= 4 is 23.1 Å². The van der Waals surface area contributed by atoms with E-state index in [2.05, 4.69) is 18.6 Å². The number of nitrogens with zero attached hydrogens (tertiary/aromatic N) is 2. The van der Waals surface area contributed by atoms with Gasteiger partial charge in [-0.25, -0.2) is 4.90 Å². The van der Waals surface area contributed by atoms with Crippen molar-refractivity contribution in [2.45, 2.75) is 26.6 Å². The van der Waals surface area contributed by atoms with Crippen LogP contribution in [-0.2, 0) is 9.59 Å². The molecule has 1 saturated heterocycles. The first-order chi connectivity index (χ1) is 15.1. The second-order valence-corrected chi connectivity index (χ2v) is 8.43. The minimum Gasteiger partial charge on any atom is -0.406 e. The van der Waals surface area contributed by atoms with E-state index in [4.69, 9.17) is 0 Å². The van der Waals surface area contributed by atoms with Crippen LogP contribution >= 0.6 is 0 Å². The summed E-state index contributed by atoms with van der Waals surface area (Å²) in [5, 5.41) is 0. The molecular weight excluding hydrogens is 421 g/mol. The lowest BCUT2D eigenvalue weighted by Gasteiger charge is -2.37. The molecule has 0 radical (unpaired) electrons. The number of carbonyl (C=O) groups is 2. The Hall–Kier alpha value is -3.29. The van der Waals surface area contributed by atoms with Gasteiger partial charge in [-0.05, 0) is 48.1 Å². The molecule has 168 valence electrons. The molecule has 0 spiro atoms. The second-order valence-electron chi connectivity index (χ2n) is 8.43. The summed E-state index contributed by atoms with van der Waals surface area (Å²) in [5.74, 6) is -0.667. The van der Waals surface area contributed by atoms with Gasteiger partial charge < -0.3 is 9.64 Å². The molecule has 2 heterocycles. The van der Waals surface area contributed by atoms with Gasteiger partial charge in [0.05, 0.1) is 11.3 Å². The van der Waals surface area contributed by atoms with Gasteiger partial charge in [0.25, 0.3) is 11.8 Å². The summed E-state index contributed by atoms with van der Waals surface area (Å²) in [6.45, 7) is 5.54. The molecule has 32 heavy (non-hydrogen) atoms.